The fourth-order valence-corrected chi connectivity index (χ4v) is 1.76. The van der Waals surface area contributed by atoms with E-state index in [9.17, 15) is 0 Å². The van der Waals surface area contributed by atoms with Crippen molar-refractivity contribution in [1.29, 1.82) is 0 Å². The summed E-state index contributed by atoms with van der Waals surface area (Å²) in [5, 5.41) is 0. The molecule has 0 bridgehead atoms. The zero-order chi connectivity index (χ0) is 10.8. The minimum absolute atomic E-state index is 0.322. The van der Waals surface area contributed by atoms with Gasteiger partial charge in [-0.3, -0.25) is 4.98 Å². The molecule has 80 valence electrons. The van der Waals surface area contributed by atoms with Gasteiger partial charge in [-0.1, -0.05) is 12.1 Å². The Morgan fingerprint density at radius 1 is 1.06 bits per heavy atom. The molecule has 0 radical (unpaired) electrons. The first kappa shape index (κ1) is 9.21. The van der Waals surface area contributed by atoms with E-state index >= 15 is 0 Å². The lowest BCUT2D eigenvalue weighted by Crippen LogP contribution is -1.93. The first-order valence-corrected chi connectivity index (χ1v) is 5.20. The van der Waals surface area contributed by atoms with Gasteiger partial charge in [0.25, 0.3) is 0 Å². The van der Waals surface area contributed by atoms with Crippen molar-refractivity contribution in [2.45, 2.75) is 6.42 Å². The van der Waals surface area contributed by atoms with E-state index in [-0.39, 0.29) is 0 Å². The van der Waals surface area contributed by atoms with Gasteiger partial charge in [0.2, 0.25) is 6.79 Å². The van der Waals surface area contributed by atoms with Gasteiger partial charge < -0.3 is 9.47 Å². The largest absolute Gasteiger partial charge is 0.454 e. The number of hydrogen-bond acceptors (Lipinski definition) is 3. The molecule has 16 heavy (non-hydrogen) atoms. The SMILES string of the molecule is c1ccc(Cc2ccc3c(c2)OCO3)nc1. The summed E-state index contributed by atoms with van der Waals surface area (Å²) in [6.07, 6.45) is 2.62. The van der Waals surface area contributed by atoms with E-state index in [1.807, 2.05) is 42.6 Å². The molecule has 3 rings (SSSR count). The van der Waals surface area contributed by atoms with Crippen molar-refractivity contribution in [3.63, 3.8) is 0 Å². The van der Waals surface area contributed by atoms with Gasteiger partial charge in [-0.2, -0.15) is 0 Å². The lowest BCUT2D eigenvalue weighted by molar-refractivity contribution is 0.174. The maximum atomic E-state index is 5.33. The summed E-state index contributed by atoms with van der Waals surface area (Å²) in [7, 11) is 0. The van der Waals surface area contributed by atoms with Crippen LogP contribution >= 0.6 is 0 Å². The standard InChI is InChI=1S/C13H11NO2/c1-2-6-14-11(3-1)7-10-4-5-12-13(8-10)16-9-15-12/h1-6,8H,7,9H2. The third-order valence-corrected chi connectivity index (χ3v) is 2.55. The number of aromatic nitrogens is 1. The van der Waals surface area contributed by atoms with Gasteiger partial charge in [-0.05, 0) is 29.8 Å². The van der Waals surface area contributed by atoms with Crippen LogP contribution < -0.4 is 9.47 Å². The van der Waals surface area contributed by atoms with Gasteiger partial charge >= 0.3 is 0 Å². The lowest BCUT2D eigenvalue weighted by atomic mass is 10.1. The van der Waals surface area contributed by atoms with Crippen LogP contribution in [0.25, 0.3) is 0 Å². The van der Waals surface area contributed by atoms with E-state index in [4.69, 9.17) is 9.47 Å². The molecule has 2 heterocycles. The molecule has 0 aliphatic carbocycles. The van der Waals surface area contributed by atoms with Crippen molar-refractivity contribution in [3.8, 4) is 11.5 Å². The highest BCUT2D eigenvalue weighted by Crippen LogP contribution is 2.32. The predicted molar refractivity (Wildman–Crippen MR) is 59.6 cm³/mol. The number of ether oxygens (including phenoxy) is 2. The molecule has 0 saturated heterocycles. The lowest BCUT2D eigenvalue weighted by Gasteiger charge is -2.02. The van der Waals surface area contributed by atoms with Gasteiger partial charge in [0, 0.05) is 18.3 Å². The van der Waals surface area contributed by atoms with E-state index in [2.05, 4.69) is 4.98 Å². The Balaban J connectivity index is 1.86. The van der Waals surface area contributed by atoms with Crippen molar-refractivity contribution in [2.24, 2.45) is 0 Å². The average Bonchev–Trinajstić information content (AvgIpc) is 2.77. The molecule has 0 spiro atoms. The molecule has 0 saturated carbocycles. The molecule has 1 aliphatic rings. The van der Waals surface area contributed by atoms with Crippen molar-refractivity contribution >= 4 is 0 Å². The number of benzene rings is 1. The van der Waals surface area contributed by atoms with Crippen LogP contribution in [0.4, 0.5) is 0 Å². The van der Waals surface area contributed by atoms with Crippen LogP contribution in [0.15, 0.2) is 42.6 Å². The summed E-state index contributed by atoms with van der Waals surface area (Å²) in [5.41, 5.74) is 2.24. The molecule has 1 aliphatic heterocycles. The fourth-order valence-electron chi connectivity index (χ4n) is 1.76. The van der Waals surface area contributed by atoms with Gasteiger partial charge in [-0.15, -0.1) is 0 Å². The molecular formula is C13H11NO2. The molecule has 3 heteroatoms. The van der Waals surface area contributed by atoms with Crippen LogP contribution in [0.5, 0.6) is 11.5 Å². The summed E-state index contributed by atoms with van der Waals surface area (Å²) >= 11 is 0. The minimum atomic E-state index is 0.322. The van der Waals surface area contributed by atoms with Gasteiger partial charge in [0.15, 0.2) is 11.5 Å². The van der Waals surface area contributed by atoms with Crippen molar-refractivity contribution < 1.29 is 9.47 Å². The second-order valence-corrected chi connectivity index (χ2v) is 3.69. The highest BCUT2D eigenvalue weighted by atomic mass is 16.7. The van der Waals surface area contributed by atoms with Crippen LogP contribution in [0.1, 0.15) is 11.3 Å². The Morgan fingerprint density at radius 3 is 2.88 bits per heavy atom. The van der Waals surface area contributed by atoms with E-state index in [1.165, 1.54) is 5.56 Å². The van der Waals surface area contributed by atoms with Crippen LogP contribution in [-0.2, 0) is 6.42 Å². The van der Waals surface area contributed by atoms with Crippen molar-refractivity contribution in [1.82, 2.24) is 4.98 Å². The fraction of sp³-hybridized carbons (Fsp3) is 0.154. The Bertz CT molecular complexity index is 497. The summed E-state index contributed by atoms with van der Waals surface area (Å²) in [4.78, 5) is 4.30. The average molecular weight is 213 g/mol. The van der Waals surface area contributed by atoms with Gasteiger partial charge in [0.05, 0.1) is 0 Å². The van der Waals surface area contributed by atoms with Crippen LogP contribution in [0, 0.1) is 0 Å². The van der Waals surface area contributed by atoms with E-state index in [0.29, 0.717) is 6.79 Å². The molecule has 0 N–H and O–H groups in total. The molecule has 1 aromatic heterocycles. The maximum absolute atomic E-state index is 5.33. The Labute approximate surface area is 93.7 Å². The monoisotopic (exact) mass is 213 g/mol. The topological polar surface area (TPSA) is 31.4 Å². The first-order chi connectivity index (χ1) is 7.92. The smallest absolute Gasteiger partial charge is 0.231 e. The summed E-state index contributed by atoms with van der Waals surface area (Å²) in [6, 6.07) is 11.9. The number of hydrogen-bond donors (Lipinski definition) is 0. The molecule has 2 aromatic rings. The van der Waals surface area contributed by atoms with Crippen LogP contribution in [-0.4, -0.2) is 11.8 Å². The van der Waals surface area contributed by atoms with E-state index in [1.54, 1.807) is 0 Å². The first-order valence-electron chi connectivity index (χ1n) is 5.20. The van der Waals surface area contributed by atoms with Crippen molar-refractivity contribution in [3.05, 3.63) is 53.9 Å². The quantitative estimate of drug-likeness (QED) is 0.767. The summed E-state index contributed by atoms with van der Waals surface area (Å²) < 4.78 is 10.6. The zero-order valence-electron chi connectivity index (χ0n) is 8.72. The third kappa shape index (κ3) is 1.72. The van der Waals surface area contributed by atoms with E-state index in [0.717, 1.165) is 23.6 Å². The third-order valence-electron chi connectivity index (χ3n) is 2.55. The normalized spacial score (nSPS) is 12.8. The molecular weight excluding hydrogens is 202 g/mol. The van der Waals surface area contributed by atoms with Crippen LogP contribution in [0.2, 0.25) is 0 Å². The highest BCUT2D eigenvalue weighted by molar-refractivity contribution is 5.45. The summed E-state index contributed by atoms with van der Waals surface area (Å²) in [6.45, 7) is 0.322. The zero-order valence-corrected chi connectivity index (χ0v) is 8.72. The number of nitrogens with zero attached hydrogens (tertiary/aromatic N) is 1. The molecule has 0 unspecified atom stereocenters. The summed E-state index contributed by atoms with van der Waals surface area (Å²) in [5.74, 6) is 1.65. The van der Waals surface area contributed by atoms with Gasteiger partial charge in [-0.25, -0.2) is 0 Å². The maximum Gasteiger partial charge on any atom is 0.231 e. The second-order valence-electron chi connectivity index (χ2n) is 3.69. The minimum Gasteiger partial charge on any atom is -0.454 e. The molecule has 0 amide bonds. The highest BCUT2D eigenvalue weighted by Gasteiger charge is 2.13. The van der Waals surface area contributed by atoms with Gasteiger partial charge in [0.1, 0.15) is 0 Å². The molecule has 0 fully saturated rings. The Morgan fingerprint density at radius 2 is 2.00 bits per heavy atom. The number of pyridine rings is 1. The van der Waals surface area contributed by atoms with Crippen molar-refractivity contribution in [2.75, 3.05) is 6.79 Å². The molecule has 1 aromatic carbocycles. The molecule has 0 atom stereocenters. The second kappa shape index (κ2) is 3.85. The number of rotatable bonds is 2. The van der Waals surface area contributed by atoms with E-state index < -0.39 is 0 Å². The molecule has 3 nitrogen and oxygen atoms in total. The Kier molecular flexibility index (Phi) is 2.22. The Hall–Kier alpha value is -2.03. The predicted octanol–water partition coefficient (Wildman–Crippen LogP) is 2.40. The van der Waals surface area contributed by atoms with Crippen LogP contribution in [0.3, 0.4) is 0 Å². The number of fused-ring (bicyclic) bond motifs is 1.